The maximum absolute atomic E-state index is 12.5. The average Bonchev–Trinajstić information content (AvgIpc) is 3.48. The first kappa shape index (κ1) is 19.0. The lowest BCUT2D eigenvalue weighted by Gasteiger charge is -2.12. The Labute approximate surface area is 160 Å². The van der Waals surface area contributed by atoms with E-state index in [1.165, 1.54) is 0 Å². The maximum Gasteiger partial charge on any atom is 0.255 e. The fourth-order valence-corrected chi connectivity index (χ4v) is 2.58. The van der Waals surface area contributed by atoms with Crippen LogP contribution >= 0.6 is 0 Å². The standard InChI is InChI=1S/C22H26N2O3/c1-14(2)13-27-19-10-7-17(8-11-19)21(25)23-18-9-4-15(3)20(12-18)24-22(26)16-5-6-16/h4,7-12,14,16H,5-6,13H2,1-3H3,(H,23,25)(H,24,26). The van der Waals surface area contributed by atoms with E-state index >= 15 is 0 Å². The van der Waals surface area contributed by atoms with Gasteiger partial charge in [0.25, 0.3) is 5.91 Å². The largest absolute Gasteiger partial charge is 0.493 e. The Hall–Kier alpha value is -2.82. The van der Waals surface area contributed by atoms with Gasteiger partial charge in [-0.25, -0.2) is 0 Å². The number of ether oxygens (including phenoxy) is 1. The zero-order chi connectivity index (χ0) is 19.4. The van der Waals surface area contributed by atoms with Gasteiger partial charge < -0.3 is 15.4 Å². The van der Waals surface area contributed by atoms with E-state index in [0.29, 0.717) is 23.8 Å². The van der Waals surface area contributed by atoms with Gasteiger partial charge in [0.05, 0.1) is 6.61 Å². The van der Waals surface area contributed by atoms with Crippen molar-refractivity contribution in [3.8, 4) is 5.75 Å². The normalized spacial score (nSPS) is 13.3. The van der Waals surface area contributed by atoms with Crippen molar-refractivity contribution in [2.24, 2.45) is 11.8 Å². The summed E-state index contributed by atoms with van der Waals surface area (Å²) in [6.45, 7) is 6.75. The van der Waals surface area contributed by atoms with Gasteiger partial charge in [0, 0.05) is 22.9 Å². The zero-order valence-corrected chi connectivity index (χ0v) is 16.0. The molecule has 2 amide bonds. The Kier molecular flexibility index (Phi) is 5.79. The van der Waals surface area contributed by atoms with Crippen LogP contribution in [-0.2, 0) is 4.79 Å². The third-order valence-corrected chi connectivity index (χ3v) is 4.40. The number of aryl methyl sites for hydroxylation is 1. The molecule has 0 atom stereocenters. The second kappa shape index (κ2) is 8.25. The van der Waals surface area contributed by atoms with Crippen LogP contribution in [0.1, 0.15) is 42.6 Å². The Morgan fingerprint density at radius 3 is 2.41 bits per heavy atom. The topological polar surface area (TPSA) is 67.4 Å². The molecule has 2 N–H and O–H groups in total. The van der Waals surface area contributed by atoms with Crippen molar-refractivity contribution in [3.63, 3.8) is 0 Å². The summed E-state index contributed by atoms with van der Waals surface area (Å²) in [5, 5.41) is 5.83. The van der Waals surface area contributed by atoms with Gasteiger partial charge in [0.1, 0.15) is 5.75 Å². The van der Waals surface area contributed by atoms with E-state index in [4.69, 9.17) is 4.74 Å². The van der Waals surface area contributed by atoms with E-state index in [0.717, 1.165) is 29.8 Å². The van der Waals surface area contributed by atoms with Crippen LogP contribution in [0.3, 0.4) is 0 Å². The molecule has 27 heavy (non-hydrogen) atoms. The number of carbonyl (C=O) groups is 2. The van der Waals surface area contributed by atoms with Crippen molar-refractivity contribution in [3.05, 3.63) is 53.6 Å². The average molecular weight is 366 g/mol. The molecule has 0 saturated heterocycles. The number of benzene rings is 2. The second-order valence-corrected chi connectivity index (χ2v) is 7.48. The van der Waals surface area contributed by atoms with E-state index in [9.17, 15) is 9.59 Å². The van der Waals surface area contributed by atoms with Crippen molar-refractivity contribution >= 4 is 23.2 Å². The third-order valence-electron chi connectivity index (χ3n) is 4.40. The van der Waals surface area contributed by atoms with Crippen LogP contribution < -0.4 is 15.4 Å². The highest BCUT2D eigenvalue weighted by Crippen LogP contribution is 2.31. The minimum Gasteiger partial charge on any atom is -0.493 e. The van der Waals surface area contributed by atoms with Crippen molar-refractivity contribution in [2.75, 3.05) is 17.2 Å². The zero-order valence-electron chi connectivity index (χ0n) is 16.0. The summed E-state index contributed by atoms with van der Waals surface area (Å²) in [6, 6.07) is 12.6. The van der Waals surface area contributed by atoms with Gasteiger partial charge in [-0.3, -0.25) is 9.59 Å². The molecular formula is C22H26N2O3. The predicted molar refractivity (Wildman–Crippen MR) is 107 cm³/mol. The molecule has 1 aliphatic rings. The number of nitrogens with one attached hydrogen (secondary N) is 2. The summed E-state index contributed by atoms with van der Waals surface area (Å²) in [6.07, 6.45) is 1.91. The molecule has 0 bridgehead atoms. The lowest BCUT2D eigenvalue weighted by atomic mass is 10.1. The summed E-state index contributed by atoms with van der Waals surface area (Å²) in [5.41, 5.74) is 2.91. The quantitative estimate of drug-likeness (QED) is 0.751. The van der Waals surface area contributed by atoms with Gasteiger partial charge >= 0.3 is 0 Å². The minimum absolute atomic E-state index is 0.0542. The van der Waals surface area contributed by atoms with Crippen LogP contribution in [-0.4, -0.2) is 18.4 Å². The summed E-state index contributed by atoms with van der Waals surface area (Å²) in [4.78, 5) is 24.5. The Balaban J connectivity index is 1.63. The lowest BCUT2D eigenvalue weighted by Crippen LogP contribution is -2.15. The molecule has 0 spiro atoms. The van der Waals surface area contributed by atoms with Crippen molar-refractivity contribution in [2.45, 2.75) is 33.6 Å². The van der Waals surface area contributed by atoms with Gasteiger partial charge in [0.2, 0.25) is 5.91 Å². The molecule has 5 heteroatoms. The SMILES string of the molecule is Cc1ccc(NC(=O)c2ccc(OCC(C)C)cc2)cc1NC(=O)C1CC1. The van der Waals surface area contributed by atoms with Gasteiger partial charge in [-0.05, 0) is 67.6 Å². The smallest absolute Gasteiger partial charge is 0.255 e. The molecule has 0 radical (unpaired) electrons. The Bertz CT molecular complexity index is 824. The molecule has 0 aliphatic heterocycles. The molecule has 2 aromatic carbocycles. The number of amides is 2. The molecule has 1 aliphatic carbocycles. The van der Waals surface area contributed by atoms with Crippen molar-refractivity contribution < 1.29 is 14.3 Å². The summed E-state index contributed by atoms with van der Waals surface area (Å²) < 4.78 is 5.64. The van der Waals surface area contributed by atoms with E-state index in [2.05, 4.69) is 24.5 Å². The number of carbonyl (C=O) groups excluding carboxylic acids is 2. The first-order valence-corrected chi connectivity index (χ1v) is 9.38. The van der Waals surface area contributed by atoms with E-state index in [1.54, 1.807) is 30.3 Å². The number of hydrogen-bond donors (Lipinski definition) is 2. The molecule has 142 valence electrons. The van der Waals surface area contributed by atoms with Crippen LogP contribution in [0.5, 0.6) is 5.75 Å². The Morgan fingerprint density at radius 1 is 1.07 bits per heavy atom. The van der Waals surface area contributed by atoms with Crippen molar-refractivity contribution in [1.82, 2.24) is 0 Å². The van der Waals surface area contributed by atoms with E-state index in [1.807, 2.05) is 19.1 Å². The van der Waals surface area contributed by atoms with Gasteiger partial charge in [-0.1, -0.05) is 19.9 Å². The van der Waals surface area contributed by atoms with E-state index < -0.39 is 0 Å². The molecule has 0 heterocycles. The van der Waals surface area contributed by atoms with Gasteiger partial charge in [-0.15, -0.1) is 0 Å². The maximum atomic E-state index is 12.5. The minimum atomic E-state index is -0.200. The summed E-state index contributed by atoms with van der Waals surface area (Å²) >= 11 is 0. The molecule has 0 unspecified atom stereocenters. The highest BCUT2D eigenvalue weighted by Gasteiger charge is 2.29. The van der Waals surface area contributed by atoms with Crippen LogP contribution in [0.4, 0.5) is 11.4 Å². The van der Waals surface area contributed by atoms with E-state index in [-0.39, 0.29) is 17.7 Å². The van der Waals surface area contributed by atoms with Crippen molar-refractivity contribution in [1.29, 1.82) is 0 Å². The fraction of sp³-hybridized carbons (Fsp3) is 0.364. The van der Waals surface area contributed by atoms with Crippen LogP contribution in [0.2, 0.25) is 0 Å². The monoisotopic (exact) mass is 366 g/mol. The first-order chi connectivity index (χ1) is 12.9. The first-order valence-electron chi connectivity index (χ1n) is 9.38. The van der Waals surface area contributed by atoms with Crippen LogP contribution in [0, 0.1) is 18.8 Å². The fourth-order valence-electron chi connectivity index (χ4n) is 2.58. The highest BCUT2D eigenvalue weighted by molar-refractivity contribution is 6.05. The Morgan fingerprint density at radius 2 is 1.78 bits per heavy atom. The lowest BCUT2D eigenvalue weighted by molar-refractivity contribution is -0.117. The predicted octanol–water partition coefficient (Wildman–Crippen LogP) is 4.63. The summed E-state index contributed by atoms with van der Waals surface area (Å²) in [7, 11) is 0. The van der Waals surface area contributed by atoms with Gasteiger partial charge in [0.15, 0.2) is 0 Å². The number of rotatable bonds is 7. The number of anilines is 2. The highest BCUT2D eigenvalue weighted by atomic mass is 16.5. The molecule has 2 aromatic rings. The van der Waals surface area contributed by atoms with Crippen LogP contribution in [0.25, 0.3) is 0 Å². The van der Waals surface area contributed by atoms with Crippen LogP contribution in [0.15, 0.2) is 42.5 Å². The molecule has 5 nitrogen and oxygen atoms in total. The molecule has 1 saturated carbocycles. The third kappa shape index (κ3) is 5.33. The molecular weight excluding hydrogens is 340 g/mol. The number of hydrogen-bond acceptors (Lipinski definition) is 3. The molecule has 3 rings (SSSR count). The molecule has 0 aromatic heterocycles. The molecule has 1 fully saturated rings. The van der Waals surface area contributed by atoms with Gasteiger partial charge in [-0.2, -0.15) is 0 Å². The second-order valence-electron chi connectivity index (χ2n) is 7.48. The summed E-state index contributed by atoms with van der Waals surface area (Å²) in [5.74, 6) is 1.19.